The molecule has 1 N–H and O–H groups in total. The van der Waals surface area contributed by atoms with Crippen LogP contribution in [0.2, 0.25) is 5.02 Å². The predicted octanol–water partition coefficient (Wildman–Crippen LogP) is 1.38. The lowest BCUT2D eigenvalue weighted by atomic mass is 10.4. The van der Waals surface area contributed by atoms with E-state index in [1.54, 1.807) is 23.7 Å². The fourth-order valence-electron chi connectivity index (χ4n) is 1.22. The molecule has 0 aliphatic heterocycles. The van der Waals surface area contributed by atoms with Crippen LogP contribution in [-0.2, 0) is 13.7 Å². The molecule has 0 unspecified atom stereocenters. The van der Waals surface area contributed by atoms with Crippen molar-refractivity contribution < 1.29 is 5.11 Å². The Kier molecular flexibility index (Phi) is 3.81. The Morgan fingerprint density at radius 1 is 1.50 bits per heavy atom. The summed E-state index contributed by atoms with van der Waals surface area (Å²) in [6, 6.07) is 5.22. The van der Waals surface area contributed by atoms with Crippen LogP contribution in [-0.4, -0.2) is 24.9 Å². The highest BCUT2D eigenvalue weighted by Crippen LogP contribution is 2.26. The zero-order chi connectivity index (χ0) is 13.1. The Labute approximate surface area is 112 Å². The number of halogens is 1. The van der Waals surface area contributed by atoms with Crippen LogP contribution in [0, 0.1) is 11.3 Å². The maximum atomic E-state index is 9.01. The van der Waals surface area contributed by atoms with Crippen molar-refractivity contribution in [3.8, 4) is 6.07 Å². The van der Waals surface area contributed by atoms with E-state index in [4.69, 9.17) is 22.0 Å². The van der Waals surface area contributed by atoms with Crippen molar-refractivity contribution in [3.63, 3.8) is 0 Å². The van der Waals surface area contributed by atoms with E-state index in [1.807, 2.05) is 6.07 Å². The van der Waals surface area contributed by atoms with Gasteiger partial charge in [-0.15, -0.1) is 10.2 Å². The summed E-state index contributed by atoms with van der Waals surface area (Å²) in [6.45, 7) is -0.179. The van der Waals surface area contributed by atoms with Gasteiger partial charge in [0.05, 0.1) is 5.02 Å². The summed E-state index contributed by atoms with van der Waals surface area (Å²) in [6.07, 6.45) is 0. The average Bonchev–Trinajstić information content (AvgIpc) is 2.73. The first-order chi connectivity index (χ1) is 8.65. The highest BCUT2D eigenvalue weighted by Gasteiger charge is 2.11. The number of nitrogens with zero attached hydrogens (tertiary/aromatic N) is 5. The van der Waals surface area contributed by atoms with Gasteiger partial charge in [0.1, 0.15) is 17.7 Å². The lowest BCUT2D eigenvalue weighted by Crippen LogP contribution is -1.98. The largest absolute Gasteiger partial charge is 0.388 e. The maximum Gasteiger partial charge on any atom is 0.197 e. The number of aromatic nitrogens is 4. The van der Waals surface area contributed by atoms with E-state index in [1.165, 1.54) is 11.8 Å². The Hall–Kier alpha value is -1.62. The van der Waals surface area contributed by atoms with E-state index in [0.717, 1.165) is 0 Å². The molecule has 0 radical (unpaired) electrons. The summed E-state index contributed by atoms with van der Waals surface area (Å²) in [5.41, 5.74) is 0.172. The minimum Gasteiger partial charge on any atom is -0.388 e. The van der Waals surface area contributed by atoms with Crippen LogP contribution < -0.4 is 0 Å². The minimum absolute atomic E-state index is 0.172. The molecule has 0 aliphatic carbocycles. The molecule has 0 aliphatic rings. The van der Waals surface area contributed by atoms with Crippen LogP contribution in [0.4, 0.5) is 0 Å². The molecule has 2 aromatic rings. The van der Waals surface area contributed by atoms with Crippen LogP contribution in [0.15, 0.2) is 22.3 Å². The van der Waals surface area contributed by atoms with Gasteiger partial charge in [-0.25, -0.2) is 4.98 Å². The zero-order valence-corrected chi connectivity index (χ0v) is 10.9. The normalized spacial score (nSPS) is 10.3. The second-order valence-electron chi connectivity index (χ2n) is 3.31. The second-order valence-corrected chi connectivity index (χ2v) is 4.70. The van der Waals surface area contributed by atoms with Crippen molar-refractivity contribution >= 4 is 23.4 Å². The van der Waals surface area contributed by atoms with Crippen molar-refractivity contribution in [2.24, 2.45) is 7.05 Å². The molecule has 92 valence electrons. The molecular formula is C10H8ClN5OS. The molecule has 0 fully saturated rings. The van der Waals surface area contributed by atoms with Crippen LogP contribution in [0.3, 0.4) is 0 Å². The minimum atomic E-state index is -0.179. The smallest absolute Gasteiger partial charge is 0.197 e. The molecule has 2 heterocycles. The number of hydrogen-bond acceptors (Lipinski definition) is 6. The summed E-state index contributed by atoms with van der Waals surface area (Å²) in [5, 5.41) is 27.1. The van der Waals surface area contributed by atoms with Gasteiger partial charge in [0.15, 0.2) is 16.7 Å². The van der Waals surface area contributed by atoms with E-state index in [2.05, 4.69) is 15.2 Å². The summed E-state index contributed by atoms with van der Waals surface area (Å²) < 4.78 is 1.66. The van der Waals surface area contributed by atoms with Crippen molar-refractivity contribution in [1.82, 2.24) is 19.7 Å². The molecule has 0 saturated heterocycles. The number of aliphatic hydroxyl groups is 1. The van der Waals surface area contributed by atoms with E-state index >= 15 is 0 Å². The molecule has 0 spiro atoms. The number of rotatable bonds is 3. The molecule has 0 aromatic carbocycles. The molecule has 0 bridgehead atoms. The van der Waals surface area contributed by atoms with Gasteiger partial charge in [-0.2, -0.15) is 5.26 Å². The van der Waals surface area contributed by atoms with Gasteiger partial charge in [0.25, 0.3) is 0 Å². The number of pyridine rings is 1. The molecule has 8 heteroatoms. The molecule has 6 nitrogen and oxygen atoms in total. The summed E-state index contributed by atoms with van der Waals surface area (Å²) >= 11 is 7.04. The molecule has 0 amide bonds. The first-order valence-corrected chi connectivity index (χ1v) is 6.08. The third kappa shape index (κ3) is 2.46. The number of hydrogen-bond donors (Lipinski definition) is 1. The summed E-state index contributed by atoms with van der Waals surface area (Å²) in [5.74, 6) is 0.465. The van der Waals surface area contributed by atoms with Crippen LogP contribution in [0.25, 0.3) is 0 Å². The highest BCUT2D eigenvalue weighted by molar-refractivity contribution is 7.99. The van der Waals surface area contributed by atoms with Crippen molar-refractivity contribution in [3.05, 3.63) is 28.7 Å². The molecule has 18 heavy (non-hydrogen) atoms. The Morgan fingerprint density at radius 2 is 2.28 bits per heavy atom. The van der Waals surface area contributed by atoms with E-state index < -0.39 is 0 Å². The van der Waals surface area contributed by atoms with Gasteiger partial charge in [0.2, 0.25) is 0 Å². The van der Waals surface area contributed by atoms with Crippen LogP contribution in [0.1, 0.15) is 11.5 Å². The van der Waals surface area contributed by atoms with E-state index in [0.29, 0.717) is 21.0 Å². The molecular weight excluding hydrogens is 274 g/mol. The number of aliphatic hydroxyl groups excluding tert-OH is 1. The van der Waals surface area contributed by atoms with Crippen LogP contribution >= 0.6 is 23.4 Å². The predicted molar refractivity (Wildman–Crippen MR) is 65.0 cm³/mol. The van der Waals surface area contributed by atoms with Crippen molar-refractivity contribution in [1.29, 1.82) is 5.26 Å². The topological polar surface area (TPSA) is 87.6 Å². The van der Waals surface area contributed by atoms with E-state index in [-0.39, 0.29) is 12.3 Å². The van der Waals surface area contributed by atoms with E-state index in [9.17, 15) is 0 Å². The van der Waals surface area contributed by atoms with Gasteiger partial charge in [-0.3, -0.25) is 0 Å². The van der Waals surface area contributed by atoms with Gasteiger partial charge in [0, 0.05) is 7.05 Å². The fourth-order valence-corrected chi connectivity index (χ4v) is 2.16. The summed E-state index contributed by atoms with van der Waals surface area (Å²) in [4.78, 5) is 4.09. The van der Waals surface area contributed by atoms with Crippen molar-refractivity contribution in [2.75, 3.05) is 0 Å². The van der Waals surface area contributed by atoms with Crippen LogP contribution in [0.5, 0.6) is 0 Å². The Morgan fingerprint density at radius 3 is 2.89 bits per heavy atom. The maximum absolute atomic E-state index is 9.01. The first kappa shape index (κ1) is 12.8. The lowest BCUT2D eigenvalue weighted by molar-refractivity contribution is 0.266. The van der Waals surface area contributed by atoms with Gasteiger partial charge >= 0.3 is 0 Å². The third-order valence-electron chi connectivity index (χ3n) is 2.19. The quantitative estimate of drug-likeness (QED) is 0.914. The third-order valence-corrected chi connectivity index (χ3v) is 3.47. The first-order valence-electron chi connectivity index (χ1n) is 4.89. The average molecular weight is 282 g/mol. The SMILES string of the molecule is Cn1c(CO)nnc1Sc1ccc(Cl)c(C#N)n1. The molecule has 2 rings (SSSR count). The molecule has 0 atom stereocenters. The standard InChI is InChI=1S/C10H8ClN5OS/c1-16-8(5-17)14-15-10(16)18-9-3-2-6(11)7(4-12)13-9/h2-3,17H,5H2,1H3. The lowest BCUT2D eigenvalue weighted by Gasteiger charge is -2.02. The van der Waals surface area contributed by atoms with Gasteiger partial charge in [-0.05, 0) is 23.9 Å². The second kappa shape index (κ2) is 5.35. The zero-order valence-electron chi connectivity index (χ0n) is 9.33. The summed E-state index contributed by atoms with van der Waals surface area (Å²) in [7, 11) is 1.75. The van der Waals surface area contributed by atoms with Crippen molar-refractivity contribution in [2.45, 2.75) is 16.8 Å². The molecule has 0 saturated carbocycles. The Bertz CT molecular complexity index is 621. The highest BCUT2D eigenvalue weighted by atomic mass is 35.5. The number of nitriles is 1. The van der Waals surface area contributed by atoms with Gasteiger partial charge < -0.3 is 9.67 Å². The Balaban J connectivity index is 2.29. The monoisotopic (exact) mass is 281 g/mol. The molecule has 2 aromatic heterocycles. The van der Waals surface area contributed by atoms with Gasteiger partial charge in [-0.1, -0.05) is 11.6 Å². The fraction of sp³-hybridized carbons (Fsp3) is 0.200.